The van der Waals surface area contributed by atoms with Gasteiger partial charge in [-0.05, 0) is 46.9 Å². The molecule has 1 aromatic heterocycles. The molecule has 10 heteroatoms. The molecule has 2 heterocycles. The summed E-state index contributed by atoms with van der Waals surface area (Å²) < 4.78 is 18.5. The van der Waals surface area contributed by atoms with Crippen molar-refractivity contribution in [3.8, 4) is 22.6 Å². The van der Waals surface area contributed by atoms with Crippen LogP contribution in [-0.2, 0) is 24.4 Å². The lowest BCUT2D eigenvalue weighted by atomic mass is 9.97. The number of rotatable bonds is 10. The van der Waals surface area contributed by atoms with E-state index in [-0.39, 0.29) is 6.61 Å². The van der Waals surface area contributed by atoms with Gasteiger partial charge in [-0.15, -0.1) is 5.10 Å². The Labute approximate surface area is 232 Å². The fraction of sp³-hybridized carbons (Fsp3) is 0.333. The zero-order chi connectivity index (χ0) is 28.1. The van der Waals surface area contributed by atoms with Gasteiger partial charge in [-0.2, -0.15) is 0 Å². The highest BCUT2D eigenvalue weighted by atomic mass is 16.5. The molecule has 0 unspecified atom stereocenters. The number of ether oxygens (including phenoxy) is 3. The van der Waals surface area contributed by atoms with E-state index in [1.54, 1.807) is 13.3 Å². The molecule has 1 fully saturated rings. The number of aliphatic hydroxyl groups excluding tert-OH is 3. The second-order valence-corrected chi connectivity index (χ2v) is 9.80. The van der Waals surface area contributed by atoms with Crippen LogP contribution in [-0.4, -0.2) is 62.3 Å². The number of benzene rings is 3. The highest BCUT2D eigenvalue weighted by Gasteiger charge is 2.39. The first kappa shape index (κ1) is 27.8. The first-order chi connectivity index (χ1) is 19.4. The number of hydrogen-bond donors (Lipinski definition) is 4. The molecule has 0 spiro atoms. The van der Waals surface area contributed by atoms with Gasteiger partial charge in [-0.1, -0.05) is 59.8 Å². The van der Waals surface area contributed by atoms with Crippen LogP contribution in [0.1, 0.15) is 28.6 Å². The Morgan fingerprint density at radius 3 is 2.60 bits per heavy atom. The Kier molecular flexibility index (Phi) is 8.73. The molecule has 0 radical (unpaired) electrons. The molecular formula is C30H34N4O6. The van der Waals surface area contributed by atoms with Crippen LogP contribution in [0.25, 0.3) is 11.1 Å². The zero-order valence-corrected chi connectivity index (χ0v) is 22.5. The van der Waals surface area contributed by atoms with Crippen LogP contribution < -0.4 is 14.8 Å². The van der Waals surface area contributed by atoms with Crippen molar-refractivity contribution in [3.63, 3.8) is 0 Å². The zero-order valence-electron chi connectivity index (χ0n) is 22.5. The van der Waals surface area contributed by atoms with E-state index in [1.807, 2.05) is 42.5 Å². The average molecular weight is 547 g/mol. The SMILES string of the molecule is COc1ccc(CNCc2cn([C@@H]3OC[C@H](O)[C@H](O)[C@H]3O)nn2)cc1OCc1cccc(-c2ccccc2)c1C. The van der Waals surface area contributed by atoms with Gasteiger partial charge in [-0.3, -0.25) is 0 Å². The quantitative estimate of drug-likeness (QED) is 0.237. The fourth-order valence-corrected chi connectivity index (χ4v) is 4.75. The highest BCUT2D eigenvalue weighted by Crippen LogP contribution is 2.31. The number of aromatic nitrogens is 3. The van der Waals surface area contributed by atoms with E-state index in [9.17, 15) is 15.3 Å². The smallest absolute Gasteiger partial charge is 0.180 e. The van der Waals surface area contributed by atoms with Gasteiger partial charge in [0.2, 0.25) is 0 Å². The summed E-state index contributed by atoms with van der Waals surface area (Å²) >= 11 is 0. The molecule has 40 heavy (non-hydrogen) atoms. The van der Waals surface area contributed by atoms with Crippen LogP contribution in [0.5, 0.6) is 11.5 Å². The van der Waals surface area contributed by atoms with Crippen molar-refractivity contribution in [1.82, 2.24) is 20.3 Å². The van der Waals surface area contributed by atoms with E-state index in [0.29, 0.717) is 36.9 Å². The maximum Gasteiger partial charge on any atom is 0.180 e. The molecule has 4 aromatic rings. The van der Waals surface area contributed by atoms with E-state index in [4.69, 9.17) is 14.2 Å². The summed E-state index contributed by atoms with van der Waals surface area (Å²) in [6, 6.07) is 22.4. The number of methoxy groups -OCH3 is 1. The summed E-state index contributed by atoms with van der Waals surface area (Å²) in [5.74, 6) is 1.31. The van der Waals surface area contributed by atoms with Gasteiger partial charge >= 0.3 is 0 Å². The third-order valence-electron chi connectivity index (χ3n) is 7.07. The van der Waals surface area contributed by atoms with Crippen molar-refractivity contribution < 1.29 is 29.5 Å². The molecule has 4 N–H and O–H groups in total. The molecule has 0 saturated carbocycles. The average Bonchev–Trinajstić information content (AvgIpc) is 3.44. The van der Waals surface area contributed by atoms with Crippen LogP contribution in [0.15, 0.2) is 72.9 Å². The van der Waals surface area contributed by atoms with Gasteiger partial charge < -0.3 is 34.8 Å². The van der Waals surface area contributed by atoms with E-state index < -0.39 is 24.5 Å². The van der Waals surface area contributed by atoms with Crippen molar-refractivity contribution >= 4 is 0 Å². The molecule has 5 rings (SSSR count). The van der Waals surface area contributed by atoms with Gasteiger partial charge in [0.1, 0.15) is 24.9 Å². The minimum atomic E-state index is -1.31. The number of aliphatic hydroxyl groups is 3. The standard InChI is InChI=1S/C30H34N4O6/c1-19-22(9-6-10-24(19)21-7-4-3-5-8-21)17-39-27-13-20(11-12-26(27)38-2)14-31-15-23-16-34(33-32-23)30-29(37)28(36)25(35)18-40-30/h3-13,16,25,28-31,35-37H,14-15,17-18H2,1-2H3/t25-,28-,29+,30+/m0/s1. The Balaban J connectivity index is 1.20. The van der Waals surface area contributed by atoms with Crippen LogP contribution in [0.2, 0.25) is 0 Å². The monoisotopic (exact) mass is 546 g/mol. The predicted octanol–water partition coefficient (Wildman–Crippen LogP) is 2.74. The number of nitrogens with zero attached hydrogens (tertiary/aromatic N) is 3. The molecule has 0 bridgehead atoms. The normalized spacial score (nSPS) is 20.8. The van der Waals surface area contributed by atoms with Gasteiger partial charge in [0.15, 0.2) is 17.7 Å². The molecule has 0 aliphatic carbocycles. The second-order valence-electron chi connectivity index (χ2n) is 9.80. The topological polar surface area (TPSA) is 131 Å². The van der Waals surface area contributed by atoms with Crippen LogP contribution in [0, 0.1) is 6.92 Å². The van der Waals surface area contributed by atoms with Gasteiger partial charge in [0.05, 0.1) is 25.6 Å². The molecule has 0 amide bonds. The van der Waals surface area contributed by atoms with Crippen molar-refractivity contribution in [2.45, 2.75) is 51.2 Å². The lowest BCUT2D eigenvalue weighted by Crippen LogP contribution is -2.50. The van der Waals surface area contributed by atoms with Crippen LogP contribution in [0.3, 0.4) is 0 Å². The molecule has 4 atom stereocenters. The molecule has 1 aliphatic rings. The molecule has 1 saturated heterocycles. The lowest BCUT2D eigenvalue weighted by Gasteiger charge is -2.34. The maximum atomic E-state index is 10.2. The van der Waals surface area contributed by atoms with E-state index >= 15 is 0 Å². The fourth-order valence-electron chi connectivity index (χ4n) is 4.75. The Bertz CT molecular complexity index is 1410. The minimum absolute atomic E-state index is 0.101. The van der Waals surface area contributed by atoms with E-state index in [1.165, 1.54) is 21.4 Å². The Hall–Kier alpha value is -3.80. The third kappa shape index (κ3) is 6.16. The molecular weight excluding hydrogens is 512 g/mol. The van der Waals surface area contributed by atoms with Crippen molar-refractivity contribution in [2.75, 3.05) is 13.7 Å². The van der Waals surface area contributed by atoms with E-state index in [2.05, 4.69) is 46.8 Å². The van der Waals surface area contributed by atoms with Gasteiger partial charge in [0, 0.05) is 13.1 Å². The van der Waals surface area contributed by atoms with Gasteiger partial charge in [0.25, 0.3) is 0 Å². The minimum Gasteiger partial charge on any atom is -0.493 e. The summed E-state index contributed by atoms with van der Waals surface area (Å²) in [7, 11) is 1.62. The Morgan fingerprint density at radius 2 is 1.80 bits per heavy atom. The lowest BCUT2D eigenvalue weighted by molar-refractivity contribution is -0.214. The summed E-state index contributed by atoms with van der Waals surface area (Å²) in [4.78, 5) is 0. The predicted molar refractivity (Wildman–Crippen MR) is 148 cm³/mol. The highest BCUT2D eigenvalue weighted by molar-refractivity contribution is 5.68. The molecule has 3 aromatic carbocycles. The summed E-state index contributed by atoms with van der Waals surface area (Å²) in [5.41, 5.74) is 6.27. The molecule has 1 aliphatic heterocycles. The van der Waals surface area contributed by atoms with Crippen LogP contribution >= 0.6 is 0 Å². The summed E-state index contributed by atoms with van der Waals surface area (Å²) in [6.45, 7) is 3.38. The summed E-state index contributed by atoms with van der Waals surface area (Å²) in [5, 5.41) is 41.2. The number of nitrogens with one attached hydrogen (secondary N) is 1. The number of hydrogen-bond acceptors (Lipinski definition) is 9. The van der Waals surface area contributed by atoms with Gasteiger partial charge in [-0.25, -0.2) is 4.68 Å². The Morgan fingerprint density at radius 1 is 0.975 bits per heavy atom. The third-order valence-corrected chi connectivity index (χ3v) is 7.07. The first-order valence-electron chi connectivity index (χ1n) is 13.2. The first-order valence-corrected chi connectivity index (χ1v) is 13.2. The molecule has 210 valence electrons. The molecule has 10 nitrogen and oxygen atoms in total. The second kappa shape index (κ2) is 12.6. The summed E-state index contributed by atoms with van der Waals surface area (Å²) in [6.07, 6.45) is -3.04. The van der Waals surface area contributed by atoms with Crippen molar-refractivity contribution in [2.24, 2.45) is 0 Å². The largest absolute Gasteiger partial charge is 0.493 e. The van der Waals surface area contributed by atoms with Crippen molar-refractivity contribution in [1.29, 1.82) is 0 Å². The maximum absolute atomic E-state index is 10.2. The van der Waals surface area contributed by atoms with E-state index in [0.717, 1.165) is 11.1 Å². The van der Waals surface area contributed by atoms with Crippen LogP contribution in [0.4, 0.5) is 0 Å². The van der Waals surface area contributed by atoms with Crippen molar-refractivity contribution in [3.05, 3.63) is 95.3 Å².